The fraction of sp³-hybridized carbons (Fsp3) is 0.286. The predicted molar refractivity (Wildman–Crippen MR) is 106 cm³/mol. The first-order valence-corrected chi connectivity index (χ1v) is 9.04. The van der Waals surface area contributed by atoms with Gasteiger partial charge in [0, 0.05) is 19.3 Å². The lowest BCUT2D eigenvalue weighted by atomic mass is 10.1. The van der Waals surface area contributed by atoms with E-state index in [0.717, 1.165) is 5.56 Å². The molecule has 0 saturated carbocycles. The van der Waals surface area contributed by atoms with Gasteiger partial charge in [-0.1, -0.05) is 24.3 Å². The Hall–Kier alpha value is -3.23. The zero-order valence-electron chi connectivity index (χ0n) is 16.4. The van der Waals surface area contributed by atoms with Crippen LogP contribution in [-0.2, 0) is 38.8 Å². The SMILES string of the molecule is CCOC(=O)c1cc(COC)cc(NC(=O)C(=O)NCc2cccc(CO)c2)c1. The lowest BCUT2D eigenvalue weighted by Gasteiger charge is -2.11. The van der Waals surface area contributed by atoms with Crippen molar-refractivity contribution in [3.63, 3.8) is 0 Å². The van der Waals surface area contributed by atoms with Crippen LogP contribution in [0.2, 0.25) is 0 Å². The molecule has 0 saturated heterocycles. The summed E-state index contributed by atoms with van der Waals surface area (Å²) in [6, 6.07) is 11.7. The molecule has 3 N–H and O–H groups in total. The number of hydrogen-bond donors (Lipinski definition) is 3. The molecule has 0 atom stereocenters. The highest BCUT2D eigenvalue weighted by Crippen LogP contribution is 2.17. The minimum absolute atomic E-state index is 0.108. The van der Waals surface area contributed by atoms with Gasteiger partial charge in [0.1, 0.15) is 0 Å². The highest BCUT2D eigenvalue weighted by atomic mass is 16.5. The summed E-state index contributed by atoms with van der Waals surface area (Å²) in [6.07, 6.45) is 0. The summed E-state index contributed by atoms with van der Waals surface area (Å²) in [6.45, 7) is 2.17. The van der Waals surface area contributed by atoms with Crippen LogP contribution in [0.3, 0.4) is 0 Å². The van der Waals surface area contributed by atoms with Gasteiger partial charge in [0.05, 0.1) is 25.4 Å². The molecule has 0 radical (unpaired) electrons. The van der Waals surface area contributed by atoms with E-state index in [4.69, 9.17) is 14.6 Å². The number of anilines is 1. The van der Waals surface area contributed by atoms with Crippen molar-refractivity contribution in [1.82, 2.24) is 5.32 Å². The lowest BCUT2D eigenvalue weighted by Crippen LogP contribution is -2.35. The minimum atomic E-state index is -0.868. The molecule has 0 spiro atoms. The Kier molecular flexibility index (Phi) is 8.32. The molecule has 0 aliphatic carbocycles. The smallest absolute Gasteiger partial charge is 0.338 e. The molecule has 0 heterocycles. The fourth-order valence-corrected chi connectivity index (χ4v) is 2.63. The third kappa shape index (κ3) is 6.70. The van der Waals surface area contributed by atoms with E-state index >= 15 is 0 Å². The fourth-order valence-electron chi connectivity index (χ4n) is 2.63. The molecule has 8 heteroatoms. The Morgan fingerprint density at radius 3 is 2.45 bits per heavy atom. The van der Waals surface area contributed by atoms with Gasteiger partial charge in [-0.3, -0.25) is 9.59 Å². The van der Waals surface area contributed by atoms with Crippen molar-refractivity contribution in [3.8, 4) is 0 Å². The van der Waals surface area contributed by atoms with Crippen LogP contribution in [0.5, 0.6) is 0 Å². The molecular weight excluding hydrogens is 376 g/mol. The number of benzene rings is 2. The van der Waals surface area contributed by atoms with Crippen LogP contribution in [0.15, 0.2) is 42.5 Å². The van der Waals surface area contributed by atoms with Crippen LogP contribution < -0.4 is 10.6 Å². The van der Waals surface area contributed by atoms with Gasteiger partial charge in [-0.2, -0.15) is 0 Å². The Bertz CT molecular complexity index is 881. The van der Waals surface area contributed by atoms with Crippen molar-refractivity contribution in [3.05, 3.63) is 64.7 Å². The molecule has 0 bridgehead atoms. The number of amides is 2. The average molecular weight is 400 g/mol. The summed E-state index contributed by atoms with van der Waals surface area (Å²) in [4.78, 5) is 36.4. The highest BCUT2D eigenvalue weighted by Gasteiger charge is 2.16. The van der Waals surface area contributed by atoms with Gasteiger partial charge in [0.2, 0.25) is 0 Å². The van der Waals surface area contributed by atoms with E-state index < -0.39 is 17.8 Å². The van der Waals surface area contributed by atoms with E-state index in [-0.39, 0.29) is 37.6 Å². The van der Waals surface area contributed by atoms with Crippen LogP contribution in [0.25, 0.3) is 0 Å². The zero-order chi connectivity index (χ0) is 21.2. The maximum absolute atomic E-state index is 12.2. The number of ether oxygens (including phenoxy) is 2. The Morgan fingerprint density at radius 2 is 1.76 bits per heavy atom. The number of aliphatic hydroxyl groups is 1. The largest absolute Gasteiger partial charge is 0.462 e. The monoisotopic (exact) mass is 400 g/mol. The van der Waals surface area contributed by atoms with Crippen molar-refractivity contribution in [2.45, 2.75) is 26.7 Å². The van der Waals surface area contributed by atoms with Crippen LogP contribution in [0, 0.1) is 0 Å². The Labute approximate surface area is 168 Å². The van der Waals surface area contributed by atoms with Crippen LogP contribution in [0.1, 0.15) is 34.0 Å². The first-order chi connectivity index (χ1) is 14.0. The topological polar surface area (TPSA) is 114 Å². The summed E-state index contributed by atoms with van der Waals surface area (Å²) >= 11 is 0. The molecule has 0 aromatic heterocycles. The second-order valence-electron chi connectivity index (χ2n) is 6.19. The third-order valence-electron chi connectivity index (χ3n) is 3.91. The van der Waals surface area contributed by atoms with Crippen molar-refractivity contribution in [1.29, 1.82) is 0 Å². The van der Waals surface area contributed by atoms with Crippen molar-refractivity contribution < 1.29 is 29.0 Å². The number of hydrogen-bond acceptors (Lipinski definition) is 6. The molecule has 154 valence electrons. The molecule has 2 rings (SSSR count). The minimum Gasteiger partial charge on any atom is -0.462 e. The van der Waals surface area contributed by atoms with E-state index in [1.807, 2.05) is 0 Å². The van der Waals surface area contributed by atoms with Crippen molar-refractivity contribution >= 4 is 23.5 Å². The third-order valence-corrected chi connectivity index (χ3v) is 3.91. The number of esters is 1. The number of aliphatic hydroxyl groups excluding tert-OH is 1. The predicted octanol–water partition coefficient (Wildman–Crippen LogP) is 1.76. The standard InChI is InChI=1S/C21H24N2O6/c1-3-29-21(27)17-8-16(13-28-2)9-18(10-17)23-20(26)19(25)22-11-14-5-4-6-15(7-14)12-24/h4-10,24H,3,11-13H2,1-2H3,(H,22,25)(H,23,26). The van der Waals surface area contributed by atoms with Crippen molar-refractivity contribution in [2.24, 2.45) is 0 Å². The number of nitrogens with one attached hydrogen (secondary N) is 2. The molecule has 0 unspecified atom stereocenters. The van der Waals surface area contributed by atoms with Crippen LogP contribution in [0.4, 0.5) is 5.69 Å². The maximum Gasteiger partial charge on any atom is 0.338 e. The lowest BCUT2D eigenvalue weighted by molar-refractivity contribution is -0.136. The van der Waals surface area contributed by atoms with E-state index in [9.17, 15) is 14.4 Å². The molecular formula is C21H24N2O6. The van der Waals surface area contributed by atoms with Crippen molar-refractivity contribution in [2.75, 3.05) is 19.0 Å². The Morgan fingerprint density at radius 1 is 1.00 bits per heavy atom. The quantitative estimate of drug-likeness (QED) is 0.460. The number of methoxy groups -OCH3 is 1. The first kappa shape index (κ1) is 22.1. The van der Waals surface area contributed by atoms with Gasteiger partial charge in [0.15, 0.2) is 0 Å². The summed E-state index contributed by atoms with van der Waals surface area (Å²) in [5.41, 5.74) is 2.64. The van der Waals surface area contributed by atoms with Gasteiger partial charge in [-0.15, -0.1) is 0 Å². The van der Waals surface area contributed by atoms with Gasteiger partial charge in [-0.25, -0.2) is 4.79 Å². The van der Waals surface area contributed by atoms with E-state index in [2.05, 4.69) is 10.6 Å². The molecule has 0 aliphatic rings. The highest BCUT2D eigenvalue weighted by molar-refractivity contribution is 6.39. The van der Waals surface area contributed by atoms with Crippen LogP contribution in [-0.4, -0.2) is 36.6 Å². The molecule has 0 aliphatic heterocycles. The summed E-state index contributed by atoms with van der Waals surface area (Å²) < 4.78 is 10.1. The van der Waals surface area contributed by atoms with Gasteiger partial charge < -0.3 is 25.2 Å². The molecule has 29 heavy (non-hydrogen) atoms. The van der Waals surface area contributed by atoms with Gasteiger partial charge in [-0.05, 0) is 41.8 Å². The molecule has 8 nitrogen and oxygen atoms in total. The van der Waals surface area contributed by atoms with E-state index in [1.165, 1.54) is 13.2 Å². The zero-order valence-corrected chi connectivity index (χ0v) is 16.4. The molecule has 0 fully saturated rings. The van der Waals surface area contributed by atoms with E-state index in [0.29, 0.717) is 11.1 Å². The summed E-state index contributed by atoms with van der Waals surface area (Å²) in [5.74, 6) is -2.23. The molecule has 2 aromatic carbocycles. The van der Waals surface area contributed by atoms with E-state index in [1.54, 1.807) is 43.3 Å². The molecule has 2 amide bonds. The average Bonchev–Trinajstić information content (AvgIpc) is 2.72. The number of rotatable bonds is 8. The first-order valence-electron chi connectivity index (χ1n) is 9.04. The normalized spacial score (nSPS) is 10.3. The number of carbonyl (C=O) groups excluding carboxylic acids is 3. The number of carbonyl (C=O) groups is 3. The summed E-state index contributed by atoms with van der Waals surface area (Å²) in [7, 11) is 1.51. The molecule has 2 aromatic rings. The van der Waals surface area contributed by atoms with Gasteiger partial charge >= 0.3 is 17.8 Å². The maximum atomic E-state index is 12.2. The van der Waals surface area contributed by atoms with Gasteiger partial charge in [0.25, 0.3) is 0 Å². The van der Waals surface area contributed by atoms with Crippen LogP contribution >= 0.6 is 0 Å². The second kappa shape index (κ2) is 10.9. The summed E-state index contributed by atoms with van der Waals surface area (Å²) in [5, 5.41) is 14.2. The second-order valence-corrected chi connectivity index (χ2v) is 6.19. The Balaban J connectivity index is 2.05.